The molecule has 0 aromatic carbocycles. The molecule has 0 aliphatic rings. The summed E-state index contributed by atoms with van der Waals surface area (Å²) in [6, 6.07) is 0. The number of nitrogens with zero attached hydrogens (tertiary/aromatic N) is 5. The highest BCUT2D eigenvalue weighted by molar-refractivity contribution is 5.75. The van der Waals surface area contributed by atoms with Gasteiger partial charge in [0.1, 0.15) is 6.54 Å². The van der Waals surface area contributed by atoms with Gasteiger partial charge in [-0.3, -0.25) is 14.2 Å². The predicted octanol–water partition coefficient (Wildman–Crippen LogP) is 0.340. The second kappa shape index (κ2) is 5.55. The van der Waals surface area contributed by atoms with Gasteiger partial charge in [-0.25, -0.2) is 0 Å². The highest BCUT2D eigenvalue weighted by Crippen LogP contribution is 2.04. The maximum atomic E-state index is 12.0. The van der Waals surface area contributed by atoms with E-state index in [0.29, 0.717) is 12.2 Å². The molecule has 0 saturated heterocycles. The van der Waals surface area contributed by atoms with Crippen LogP contribution in [0, 0.1) is 0 Å². The van der Waals surface area contributed by atoms with Gasteiger partial charge in [0.15, 0.2) is 0 Å². The predicted molar refractivity (Wildman–Crippen MR) is 71.0 cm³/mol. The summed E-state index contributed by atoms with van der Waals surface area (Å²) in [5.41, 5.74) is 7.12. The second-order valence-corrected chi connectivity index (χ2v) is 4.43. The third-order valence-corrected chi connectivity index (χ3v) is 2.81. The average molecular weight is 262 g/mol. The first-order valence-corrected chi connectivity index (χ1v) is 6.11. The molecule has 2 aromatic heterocycles. The van der Waals surface area contributed by atoms with Gasteiger partial charge >= 0.3 is 0 Å². The van der Waals surface area contributed by atoms with Gasteiger partial charge in [0, 0.05) is 38.1 Å². The van der Waals surface area contributed by atoms with E-state index in [1.807, 2.05) is 17.8 Å². The largest absolute Gasteiger partial charge is 0.396 e. The molecule has 0 spiro atoms. The minimum Gasteiger partial charge on any atom is -0.396 e. The van der Waals surface area contributed by atoms with Crippen molar-refractivity contribution >= 4 is 11.6 Å². The maximum absolute atomic E-state index is 12.0. The highest BCUT2D eigenvalue weighted by Gasteiger charge is 2.11. The molecule has 102 valence electrons. The van der Waals surface area contributed by atoms with Gasteiger partial charge < -0.3 is 10.6 Å². The molecule has 0 radical (unpaired) electrons. The van der Waals surface area contributed by atoms with Crippen molar-refractivity contribution in [3.63, 3.8) is 0 Å². The summed E-state index contributed by atoms with van der Waals surface area (Å²) in [6.07, 6.45) is 6.88. The number of carbonyl (C=O) groups excluding carboxylic acids is 1. The van der Waals surface area contributed by atoms with E-state index in [9.17, 15) is 4.79 Å². The molecular formula is C12H18N6O. The van der Waals surface area contributed by atoms with E-state index in [4.69, 9.17) is 5.73 Å². The number of hydrogen-bond donors (Lipinski definition) is 1. The van der Waals surface area contributed by atoms with Gasteiger partial charge in [-0.05, 0) is 6.92 Å². The first-order valence-electron chi connectivity index (χ1n) is 6.11. The molecule has 0 aliphatic heterocycles. The first kappa shape index (κ1) is 13.1. The van der Waals surface area contributed by atoms with Crippen molar-refractivity contribution in [2.75, 3.05) is 12.8 Å². The number of amides is 1. The number of anilines is 1. The van der Waals surface area contributed by atoms with Gasteiger partial charge in [-0.1, -0.05) is 0 Å². The van der Waals surface area contributed by atoms with Crippen molar-refractivity contribution in [1.29, 1.82) is 0 Å². The van der Waals surface area contributed by atoms with E-state index in [1.165, 1.54) is 10.9 Å². The third-order valence-electron chi connectivity index (χ3n) is 2.81. The lowest BCUT2D eigenvalue weighted by Gasteiger charge is -2.16. The summed E-state index contributed by atoms with van der Waals surface area (Å²) in [6.45, 7) is 3.57. The minimum atomic E-state index is -0.0210. The molecule has 0 bridgehead atoms. The molecule has 2 N–H and O–H groups in total. The Bertz CT molecular complexity index is 558. The molecule has 0 unspecified atom stereocenters. The maximum Gasteiger partial charge on any atom is 0.244 e. The number of likely N-dealkylation sites (N-methyl/N-ethyl adjacent to an activating group) is 1. The molecule has 0 atom stereocenters. The van der Waals surface area contributed by atoms with E-state index in [-0.39, 0.29) is 12.5 Å². The van der Waals surface area contributed by atoms with Crippen LogP contribution in [0.3, 0.4) is 0 Å². The summed E-state index contributed by atoms with van der Waals surface area (Å²) >= 11 is 0. The Balaban J connectivity index is 1.91. The number of aromatic nitrogens is 4. The Hall–Kier alpha value is -2.31. The lowest BCUT2D eigenvalue weighted by Crippen LogP contribution is -2.29. The highest BCUT2D eigenvalue weighted by atomic mass is 16.2. The van der Waals surface area contributed by atoms with E-state index in [0.717, 1.165) is 12.1 Å². The van der Waals surface area contributed by atoms with Crippen LogP contribution in [0.4, 0.5) is 5.69 Å². The molecule has 2 aromatic rings. The van der Waals surface area contributed by atoms with Crippen molar-refractivity contribution in [1.82, 2.24) is 24.5 Å². The Morgan fingerprint density at radius 3 is 2.63 bits per heavy atom. The zero-order valence-electron chi connectivity index (χ0n) is 11.2. The smallest absolute Gasteiger partial charge is 0.244 e. The van der Waals surface area contributed by atoms with Crippen molar-refractivity contribution in [3.05, 3.63) is 30.4 Å². The summed E-state index contributed by atoms with van der Waals surface area (Å²) in [7, 11) is 1.76. The summed E-state index contributed by atoms with van der Waals surface area (Å²) in [5, 5.41) is 8.17. The SMILES string of the molecule is CCn1cc(CN(C)C(=O)Cn2cc(N)cn2)cn1. The molecule has 0 fully saturated rings. The Morgan fingerprint density at radius 2 is 2.05 bits per heavy atom. The monoisotopic (exact) mass is 262 g/mol. The Labute approximate surface area is 111 Å². The standard InChI is InChI=1S/C12H18N6O/c1-3-17-7-10(4-14-17)6-16(2)12(19)9-18-8-11(13)5-15-18/h4-5,7-8H,3,6,9,13H2,1-2H3. The average Bonchev–Trinajstić information content (AvgIpc) is 2.98. The lowest BCUT2D eigenvalue weighted by atomic mass is 10.3. The second-order valence-electron chi connectivity index (χ2n) is 4.43. The fourth-order valence-electron chi connectivity index (χ4n) is 1.75. The van der Waals surface area contributed by atoms with Crippen LogP contribution in [0.1, 0.15) is 12.5 Å². The first-order chi connectivity index (χ1) is 9.08. The molecule has 0 aliphatic carbocycles. The zero-order chi connectivity index (χ0) is 13.8. The number of nitrogen functional groups attached to an aromatic ring is 1. The number of hydrogen-bond acceptors (Lipinski definition) is 4. The van der Waals surface area contributed by atoms with Gasteiger partial charge in [-0.2, -0.15) is 10.2 Å². The third kappa shape index (κ3) is 3.34. The van der Waals surface area contributed by atoms with Gasteiger partial charge in [0.25, 0.3) is 0 Å². The van der Waals surface area contributed by atoms with E-state index in [2.05, 4.69) is 10.2 Å². The number of carbonyl (C=O) groups is 1. The van der Waals surface area contributed by atoms with Gasteiger partial charge in [-0.15, -0.1) is 0 Å². The quantitative estimate of drug-likeness (QED) is 0.842. The molecule has 19 heavy (non-hydrogen) atoms. The number of aryl methyl sites for hydroxylation is 1. The summed E-state index contributed by atoms with van der Waals surface area (Å²) in [5.74, 6) is -0.0210. The van der Waals surface area contributed by atoms with Crippen molar-refractivity contribution in [3.8, 4) is 0 Å². The van der Waals surface area contributed by atoms with Crippen LogP contribution in [0.15, 0.2) is 24.8 Å². The van der Waals surface area contributed by atoms with E-state index < -0.39 is 0 Å². The van der Waals surface area contributed by atoms with Crippen LogP contribution < -0.4 is 5.73 Å². The Kier molecular flexibility index (Phi) is 3.84. The molecule has 0 saturated carbocycles. The molecule has 7 heteroatoms. The van der Waals surface area contributed by atoms with Crippen molar-refractivity contribution < 1.29 is 4.79 Å². The topological polar surface area (TPSA) is 82.0 Å². The summed E-state index contributed by atoms with van der Waals surface area (Å²) < 4.78 is 3.37. The van der Waals surface area contributed by atoms with Crippen LogP contribution in [0.2, 0.25) is 0 Å². The van der Waals surface area contributed by atoms with Crippen LogP contribution in [-0.2, 0) is 24.4 Å². The minimum absolute atomic E-state index is 0.0210. The molecule has 7 nitrogen and oxygen atoms in total. The van der Waals surface area contributed by atoms with Crippen LogP contribution in [0.25, 0.3) is 0 Å². The Morgan fingerprint density at radius 1 is 1.32 bits per heavy atom. The normalized spacial score (nSPS) is 10.6. The summed E-state index contributed by atoms with van der Waals surface area (Å²) in [4.78, 5) is 13.6. The van der Waals surface area contributed by atoms with Gasteiger partial charge in [0.05, 0.1) is 18.1 Å². The van der Waals surface area contributed by atoms with Gasteiger partial charge in [0.2, 0.25) is 5.91 Å². The molecular weight excluding hydrogens is 244 g/mol. The van der Waals surface area contributed by atoms with E-state index in [1.54, 1.807) is 24.3 Å². The van der Waals surface area contributed by atoms with Crippen molar-refractivity contribution in [2.45, 2.75) is 26.6 Å². The number of nitrogens with two attached hydrogens (primary N) is 1. The fourth-order valence-corrected chi connectivity index (χ4v) is 1.75. The van der Waals surface area contributed by atoms with Crippen molar-refractivity contribution in [2.24, 2.45) is 0 Å². The van der Waals surface area contributed by atoms with Crippen LogP contribution in [0.5, 0.6) is 0 Å². The van der Waals surface area contributed by atoms with E-state index >= 15 is 0 Å². The number of rotatable bonds is 5. The molecule has 2 heterocycles. The lowest BCUT2D eigenvalue weighted by molar-refractivity contribution is -0.131. The zero-order valence-corrected chi connectivity index (χ0v) is 11.2. The molecule has 2 rings (SSSR count). The molecule has 1 amide bonds. The van der Waals surface area contributed by atoms with Crippen LogP contribution in [-0.4, -0.2) is 37.4 Å². The van der Waals surface area contributed by atoms with Crippen LogP contribution >= 0.6 is 0 Å². The fraction of sp³-hybridized carbons (Fsp3) is 0.417.